The lowest BCUT2D eigenvalue weighted by Crippen LogP contribution is -2.42. The Balaban J connectivity index is 2.41. The monoisotopic (exact) mass is 206 g/mol. The molecule has 1 aliphatic rings. The molecule has 15 heavy (non-hydrogen) atoms. The lowest BCUT2D eigenvalue weighted by atomic mass is 9.48. The minimum atomic E-state index is 0.0568. The summed E-state index contributed by atoms with van der Waals surface area (Å²) in [5.74, 6) is 0. The van der Waals surface area contributed by atoms with E-state index in [4.69, 9.17) is 7.85 Å². The van der Waals surface area contributed by atoms with E-state index < -0.39 is 0 Å². The summed E-state index contributed by atoms with van der Waals surface area (Å²) in [7, 11) is 6.39. The number of rotatable bonds is 5. The molecule has 0 heterocycles. The predicted molar refractivity (Wildman–Crippen MR) is 69.4 cm³/mol. The molecule has 0 aromatic rings. The van der Waals surface area contributed by atoms with E-state index in [1.807, 2.05) is 0 Å². The van der Waals surface area contributed by atoms with Crippen LogP contribution in [-0.2, 0) is 0 Å². The average molecular weight is 206 g/mol. The van der Waals surface area contributed by atoms with Crippen molar-refractivity contribution in [1.82, 2.24) is 0 Å². The fourth-order valence-electron chi connectivity index (χ4n) is 4.03. The molecule has 1 fully saturated rings. The molecule has 0 aromatic carbocycles. The van der Waals surface area contributed by atoms with Gasteiger partial charge in [0.1, 0.15) is 0 Å². The minimum absolute atomic E-state index is 0.0568. The normalized spacial score (nSPS) is 26.7. The third-order valence-corrected chi connectivity index (χ3v) is 3.74. The first-order valence-corrected chi connectivity index (χ1v) is 6.47. The van der Waals surface area contributed by atoms with Crippen LogP contribution in [0.2, 0.25) is 5.31 Å². The van der Waals surface area contributed by atoms with Crippen LogP contribution in [0.1, 0.15) is 73.1 Å². The van der Waals surface area contributed by atoms with E-state index in [0.29, 0.717) is 10.8 Å². The first kappa shape index (κ1) is 13.1. The largest absolute Gasteiger partial charge is 0.0742 e. The topological polar surface area (TPSA) is 0 Å². The molecule has 1 aliphatic carbocycles. The van der Waals surface area contributed by atoms with E-state index in [0.717, 1.165) is 0 Å². The zero-order valence-corrected chi connectivity index (χ0v) is 11.3. The van der Waals surface area contributed by atoms with Crippen molar-refractivity contribution >= 4 is 7.85 Å². The van der Waals surface area contributed by atoms with E-state index >= 15 is 0 Å². The van der Waals surface area contributed by atoms with Gasteiger partial charge in [-0.2, -0.15) is 0 Å². The molecule has 1 heteroatoms. The molecule has 0 N–H and O–H groups in total. The number of unbranched alkanes of at least 4 members (excludes halogenated alkanes) is 1. The highest BCUT2D eigenvalue weighted by atomic mass is 14.5. The molecule has 1 rings (SSSR count). The van der Waals surface area contributed by atoms with Gasteiger partial charge in [-0.3, -0.25) is 0 Å². The Morgan fingerprint density at radius 3 is 2.13 bits per heavy atom. The van der Waals surface area contributed by atoms with E-state index in [2.05, 4.69) is 34.6 Å². The maximum atomic E-state index is 6.39. The first-order valence-electron chi connectivity index (χ1n) is 6.47. The van der Waals surface area contributed by atoms with Crippen LogP contribution in [0.3, 0.4) is 0 Å². The maximum absolute atomic E-state index is 6.39. The van der Waals surface area contributed by atoms with Crippen LogP contribution in [0.4, 0.5) is 0 Å². The number of hydrogen-bond donors (Lipinski definition) is 0. The van der Waals surface area contributed by atoms with Gasteiger partial charge >= 0.3 is 0 Å². The van der Waals surface area contributed by atoms with Gasteiger partial charge in [-0.1, -0.05) is 65.6 Å². The molecule has 0 bridgehead atoms. The second kappa shape index (κ2) is 4.15. The molecule has 86 valence electrons. The van der Waals surface area contributed by atoms with Crippen LogP contribution in [0.15, 0.2) is 0 Å². The SMILES string of the molecule is [B]C(C)(CCCC)CC1(C)CC(C)(C)C1. The van der Waals surface area contributed by atoms with Crippen LogP contribution in [-0.4, -0.2) is 7.85 Å². The maximum Gasteiger partial charge on any atom is 0.0742 e. The fraction of sp³-hybridized carbons (Fsp3) is 1.00. The van der Waals surface area contributed by atoms with Crippen LogP contribution >= 0.6 is 0 Å². The highest BCUT2D eigenvalue weighted by Crippen LogP contribution is 2.59. The molecule has 1 saturated carbocycles. The van der Waals surface area contributed by atoms with E-state index in [1.165, 1.54) is 38.5 Å². The average Bonchev–Trinajstić information content (AvgIpc) is 1.95. The standard InChI is InChI=1S/C14H27B/c1-6-7-8-14(5,15)11-13(4)9-12(2,3)10-13/h6-11H2,1-5H3. The molecule has 0 aromatic heterocycles. The predicted octanol–water partition coefficient (Wildman–Crippen LogP) is 4.74. The van der Waals surface area contributed by atoms with Crippen molar-refractivity contribution in [3.05, 3.63) is 0 Å². The summed E-state index contributed by atoms with van der Waals surface area (Å²) in [6.45, 7) is 11.6. The molecule has 0 nitrogen and oxygen atoms in total. The quantitative estimate of drug-likeness (QED) is 0.570. The first-order chi connectivity index (χ1) is 6.68. The van der Waals surface area contributed by atoms with Crippen molar-refractivity contribution in [2.24, 2.45) is 10.8 Å². The third kappa shape index (κ3) is 3.85. The summed E-state index contributed by atoms with van der Waals surface area (Å²) >= 11 is 0. The van der Waals surface area contributed by atoms with E-state index in [1.54, 1.807) is 0 Å². The van der Waals surface area contributed by atoms with E-state index in [-0.39, 0.29) is 5.31 Å². The summed E-state index contributed by atoms with van der Waals surface area (Å²) in [6.07, 6.45) is 7.60. The van der Waals surface area contributed by atoms with Crippen molar-refractivity contribution < 1.29 is 0 Å². The molecular formula is C14H27B. The zero-order chi connectivity index (χ0) is 11.7. The van der Waals surface area contributed by atoms with Gasteiger partial charge in [0.2, 0.25) is 0 Å². The molecule has 2 radical (unpaired) electrons. The van der Waals surface area contributed by atoms with Gasteiger partial charge in [-0.25, -0.2) is 0 Å². The Kier molecular flexibility index (Phi) is 3.63. The Hall–Kier alpha value is 0.0649. The van der Waals surface area contributed by atoms with Crippen LogP contribution in [0.5, 0.6) is 0 Å². The summed E-state index contributed by atoms with van der Waals surface area (Å²) in [5.41, 5.74) is 1.08. The van der Waals surface area contributed by atoms with Gasteiger partial charge in [0.05, 0.1) is 7.85 Å². The second-order valence-corrected chi connectivity index (χ2v) is 7.26. The summed E-state index contributed by atoms with van der Waals surface area (Å²) in [4.78, 5) is 0. The summed E-state index contributed by atoms with van der Waals surface area (Å²) < 4.78 is 0. The van der Waals surface area contributed by atoms with Crippen molar-refractivity contribution in [2.75, 3.05) is 0 Å². The molecule has 0 saturated heterocycles. The minimum Gasteiger partial charge on any atom is -0.0683 e. The highest BCUT2D eigenvalue weighted by Gasteiger charge is 2.47. The lowest BCUT2D eigenvalue weighted by Gasteiger charge is -2.54. The molecule has 0 spiro atoms. The van der Waals surface area contributed by atoms with Crippen molar-refractivity contribution in [3.8, 4) is 0 Å². The molecular weight excluding hydrogens is 179 g/mol. The third-order valence-electron chi connectivity index (χ3n) is 3.74. The lowest BCUT2D eigenvalue weighted by molar-refractivity contribution is -0.0134. The molecule has 0 amide bonds. The highest BCUT2D eigenvalue weighted by molar-refractivity contribution is 6.14. The Morgan fingerprint density at radius 1 is 1.20 bits per heavy atom. The Labute approximate surface area is 97.6 Å². The number of hydrogen-bond acceptors (Lipinski definition) is 0. The van der Waals surface area contributed by atoms with Crippen molar-refractivity contribution in [3.63, 3.8) is 0 Å². The smallest absolute Gasteiger partial charge is 0.0683 e. The van der Waals surface area contributed by atoms with Gasteiger partial charge in [0, 0.05) is 0 Å². The Bertz CT molecular complexity index is 207. The zero-order valence-electron chi connectivity index (χ0n) is 11.3. The van der Waals surface area contributed by atoms with E-state index in [9.17, 15) is 0 Å². The van der Waals surface area contributed by atoms with Crippen LogP contribution in [0, 0.1) is 10.8 Å². The Morgan fingerprint density at radius 2 is 1.73 bits per heavy atom. The van der Waals surface area contributed by atoms with Gasteiger partial charge in [-0.05, 0) is 23.7 Å². The van der Waals surface area contributed by atoms with Crippen LogP contribution < -0.4 is 0 Å². The van der Waals surface area contributed by atoms with Gasteiger partial charge < -0.3 is 0 Å². The van der Waals surface area contributed by atoms with Gasteiger partial charge in [0.25, 0.3) is 0 Å². The molecule has 0 aliphatic heterocycles. The van der Waals surface area contributed by atoms with Gasteiger partial charge in [-0.15, -0.1) is 0 Å². The second-order valence-electron chi connectivity index (χ2n) is 7.26. The summed E-state index contributed by atoms with van der Waals surface area (Å²) in [5, 5.41) is 0.0568. The molecule has 1 atom stereocenters. The fourth-order valence-corrected chi connectivity index (χ4v) is 4.03. The van der Waals surface area contributed by atoms with Gasteiger partial charge in [0.15, 0.2) is 0 Å². The summed E-state index contributed by atoms with van der Waals surface area (Å²) in [6, 6.07) is 0. The van der Waals surface area contributed by atoms with Crippen molar-refractivity contribution in [2.45, 2.75) is 78.5 Å². The van der Waals surface area contributed by atoms with Crippen molar-refractivity contribution in [1.29, 1.82) is 0 Å². The van der Waals surface area contributed by atoms with Crippen LogP contribution in [0.25, 0.3) is 0 Å². The molecule has 1 unspecified atom stereocenters.